The standard InChI is InChI=1S/C31H33N3O2/c1-3-12-24-14-5-9-18-29(24)36-20-11-10-19-33-28-17-8-6-15-26(28)32-31(33)25-21-30(35)34(22-25)27-16-7-4-13-23(27)2/h3-9,13-18,25H,1,10-12,19-22H2,2H3. The van der Waals surface area contributed by atoms with E-state index in [1.165, 1.54) is 5.56 Å². The van der Waals surface area contributed by atoms with E-state index in [2.05, 4.69) is 48.4 Å². The number of allylic oxidation sites excluding steroid dienone is 1. The van der Waals surface area contributed by atoms with Crippen LogP contribution in [-0.2, 0) is 17.8 Å². The molecule has 1 fully saturated rings. The zero-order valence-electron chi connectivity index (χ0n) is 20.9. The Morgan fingerprint density at radius 3 is 2.67 bits per heavy atom. The van der Waals surface area contributed by atoms with Crippen molar-refractivity contribution in [1.29, 1.82) is 0 Å². The smallest absolute Gasteiger partial charge is 0.227 e. The van der Waals surface area contributed by atoms with Crippen LogP contribution < -0.4 is 9.64 Å². The highest BCUT2D eigenvalue weighted by atomic mass is 16.5. The molecule has 5 heteroatoms. The normalized spacial score (nSPS) is 15.5. The third-order valence-corrected chi connectivity index (χ3v) is 6.95. The maximum absolute atomic E-state index is 13.0. The second-order valence-electron chi connectivity index (χ2n) is 9.46. The fraction of sp³-hybridized carbons (Fsp3) is 0.290. The zero-order chi connectivity index (χ0) is 24.9. The minimum absolute atomic E-state index is 0.0755. The molecule has 0 aliphatic carbocycles. The lowest BCUT2D eigenvalue weighted by molar-refractivity contribution is -0.117. The van der Waals surface area contributed by atoms with Gasteiger partial charge in [0.1, 0.15) is 11.6 Å². The minimum atomic E-state index is 0.0755. The van der Waals surface area contributed by atoms with Crippen molar-refractivity contribution in [2.45, 2.75) is 45.1 Å². The van der Waals surface area contributed by atoms with Crippen LogP contribution in [0.3, 0.4) is 0 Å². The topological polar surface area (TPSA) is 47.4 Å². The van der Waals surface area contributed by atoms with E-state index in [-0.39, 0.29) is 11.8 Å². The number of hydrogen-bond donors (Lipinski definition) is 0. The summed E-state index contributed by atoms with van der Waals surface area (Å²) in [6.45, 7) is 8.08. The van der Waals surface area contributed by atoms with Crippen molar-refractivity contribution in [3.8, 4) is 5.75 Å². The Hall–Kier alpha value is -3.86. The molecule has 0 bridgehead atoms. The Labute approximate surface area is 213 Å². The molecule has 3 aromatic carbocycles. The van der Waals surface area contributed by atoms with Crippen molar-refractivity contribution in [2.24, 2.45) is 0 Å². The van der Waals surface area contributed by atoms with Gasteiger partial charge in [0.05, 0.1) is 17.6 Å². The summed E-state index contributed by atoms with van der Waals surface area (Å²) in [5.41, 5.74) is 5.41. The van der Waals surface area contributed by atoms with Crippen LogP contribution in [0, 0.1) is 6.92 Å². The summed E-state index contributed by atoms with van der Waals surface area (Å²) in [5.74, 6) is 2.19. The molecular weight excluding hydrogens is 446 g/mol. The van der Waals surface area contributed by atoms with E-state index in [1.54, 1.807) is 0 Å². The van der Waals surface area contributed by atoms with E-state index in [4.69, 9.17) is 9.72 Å². The van der Waals surface area contributed by atoms with Gasteiger partial charge in [0, 0.05) is 31.1 Å². The number of rotatable bonds is 10. The van der Waals surface area contributed by atoms with E-state index >= 15 is 0 Å². The third kappa shape index (κ3) is 4.92. The first kappa shape index (κ1) is 23.9. The molecule has 184 valence electrons. The Bertz CT molecular complexity index is 1370. The number of benzene rings is 3. The molecule has 1 aliphatic rings. The summed E-state index contributed by atoms with van der Waals surface area (Å²) >= 11 is 0. The first-order valence-electron chi connectivity index (χ1n) is 12.8. The first-order chi connectivity index (χ1) is 17.7. The summed E-state index contributed by atoms with van der Waals surface area (Å²) in [5, 5.41) is 0. The molecule has 1 unspecified atom stereocenters. The summed E-state index contributed by atoms with van der Waals surface area (Å²) in [7, 11) is 0. The van der Waals surface area contributed by atoms with E-state index in [0.29, 0.717) is 19.6 Å². The van der Waals surface area contributed by atoms with Gasteiger partial charge in [-0.05, 0) is 61.6 Å². The lowest BCUT2D eigenvalue weighted by atomic mass is 10.1. The Kier molecular flexibility index (Phi) is 7.17. The number of para-hydroxylation sites is 4. The van der Waals surface area contributed by atoms with Crippen LogP contribution in [0.2, 0.25) is 0 Å². The second-order valence-corrected chi connectivity index (χ2v) is 9.46. The molecular formula is C31H33N3O2. The molecule has 36 heavy (non-hydrogen) atoms. The average molecular weight is 480 g/mol. The van der Waals surface area contributed by atoms with E-state index in [1.807, 2.05) is 53.4 Å². The van der Waals surface area contributed by atoms with Crippen molar-refractivity contribution < 1.29 is 9.53 Å². The number of anilines is 1. The summed E-state index contributed by atoms with van der Waals surface area (Å²) in [6.07, 6.45) is 5.11. The van der Waals surface area contributed by atoms with Gasteiger partial charge in [-0.3, -0.25) is 4.79 Å². The van der Waals surface area contributed by atoms with Crippen LogP contribution in [0.1, 0.15) is 42.1 Å². The van der Waals surface area contributed by atoms with Gasteiger partial charge in [0.15, 0.2) is 0 Å². The monoisotopic (exact) mass is 479 g/mol. The number of amides is 1. The van der Waals surface area contributed by atoms with Gasteiger partial charge in [-0.1, -0.05) is 54.6 Å². The predicted molar refractivity (Wildman–Crippen MR) is 146 cm³/mol. The van der Waals surface area contributed by atoms with Crippen LogP contribution in [0.25, 0.3) is 11.0 Å². The van der Waals surface area contributed by atoms with Crippen molar-refractivity contribution in [2.75, 3.05) is 18.1 Å². The molecule has 2 heterocycles. The molecule has 0 spiro atoms. The number of aromatic nitrogens is 2. The summed E-state index contributed by atoms with van der Waals surface area (Å²) < 4.78 is 8.41. The fourth-order valence-electron chi connectivity index (χ4n) is 5.14. The number of carbonyl (C=O) groups is 1. The summed E-state index contributed by atoms with van der Waals surface area (Å²) in [6, 6.07) is 24.5. The van der Waals surface area contributed by atoms with Gasteiger partial charge in [-0.2, -0.15) is 0 Å². The first-order valence-corrected chi connectivity index (χ1v) is 12.8. The van der Waals surface area contributed by atoms with E-state index < -0.39 is 0 Å². The number of carbonyl (C=O) groups excluding carboxylic acids is 1. The largest absolute Gasteiger partial charge is 0.493 e. The minimum Gasteiger partial charge on any atom is -0.493 e. The van der Waals surface area contributed by atoms with E-state index in [9.17, 15) is 4.79 Å². The number of hydrogen-bond acceptors (Lipinski definition) is 3. The quantitative estimate of drug-likeness (QED) is 0.194. The Morgan fingerprint density at radius 2 is 1.81 bits per heavy atom. The van der Waals surface area contributed by atoms with Gasteiger partial charge in [-0.25, -0.2) is 4.98 Å². The number of aryl methyl sites for hydroxylation is 2. The predicted octanol–water partition coefficient (Wildman–Crippen LogP) is 6.45. The van der Waals surface area contributed by atoms with Crippen LogP contribution >= 0.6 is 0 Å². The maximum atomic E-state index is 13.0. The molecule has 1 saturated heterocycles. The highest BCUT2D eigenvalue weighted by Gasteiger charge is 2.35. The Balaban J connectivity index is 1.29. The van der Waals surface area contributed by atoms with E-state index in [0.717, 1.165) is 59.7 Å². The number of imidazole rings is 1. The van der Waals surface area contributed by atoms with Gasteiger partial charge < -0.3 is 14.2 Å². The highest BCUT2D eigenvalue weighted by molar-refractivity contribution is 5.97. The molecule has 5 rings (SSSR count). The number of nitrogens with zero attached hydrogens (tertiary/aromatic N) is 3. The molecule has 0 saturated carbocycles. The van der Waals surface area contributed by atoms with Crippen molar-refractivity contribution in [3.05, 3.63) is 102 Å². The molecule has 0 radical (unpaired) electrons. The molecule has 0 N–H and O–H groups in total. The molecule has 1 amide bonds. The third-order valence-electron chi connectivity index (χ3n) is 6.95. The molecule has 1 atom stereocenters. The van der Waals surface area contributed by atoms with Crippen molar-refractivity contribution in [3.63, 3.8) is 0 Å². The molecule has 5 nitrogen and oxygen atoms in total. The van der Waals surface area contributed by atoms with Gasteiger partial charge in [0.25, 0.3) is 0 Å². The lowest BCUT2D eigenvalue weighted by Crippen LogP contribution is -2.25. The average Bonchev–Trinajstić information content (AvgIpc) is 3.45. The van der Waals surface area contributed by atoms with Crippen LogP contribution in [0.4, 0.5) is 5.69 Å². The SMILES string of the molecule is C=CCc1ccccc1OCCCCn1c(C2CC(=O)N(c3ccccc3C)C2)nc2ccccc21. The second kappa shape index (κ2) is 10.8. The molecule has 4 aromatic rings. The van der Waals surface area contributed by atoms with Crippen LogP contribution in [0.15, 0.2) is 85.5 Å². The van der Waals surface area contributed by atoms with Gasteiger partial charge >= 0.3 is 0 Å². The number of ether oxygens (including phenoxy) is 1. The molecule has 1 aromatic heterocycles. The van der Waals surface area contributed by atoms with Crippen LogP contribution in [0.5, 0.6) is 5.75 Å². The van der Waals surface area contributed by atoms with Crippen LogP contribution in [-0.4, -0.2) is 28.6 Å². The zero-order valence-corrected chi connectivity index (χ0v) is 20.9. The maximum Gasteiger partial charge on any atom is 0.227 e. The summed E-state index contributed by atoms with van der Waals surface area (Å²) in [4.78, 5) is 19.9. The van der Waals surface area contributed by atoms with Gasteiger partial charge in [0.2, 0.25) is 5.91 Å². The van der Waals surface area contributed by atoms with Crippen molar-refractivity contribution >= 4 is 22.6 Å². The van der Waals surface area contributed by atoms with Crippen molar-refractivity contribution in [1.82, 2.24) is 9.55 Å². The highest BCUT2D eigenvalue weighted by Crippen LogP contribution is 2.34. The molecule has 1 aliphatic heterocycles. The lowest BCUT2D eigenvalue weighted by Gasteiger charge is -2.19. The van der Waals surface area contributed by atoms with Gasteiger partial charge in [-0.15, -0.1) is 6.58 Å². The number of fused-ring (bicyclic) bond motifs is 1. The Morgan fingerprint density at radius 1 is 1.03 bits per heavy atom. The fourth-order valence-corrected chi connectivity index (χ4v) is 5.14. The number of unbranched alkanes of at least 4 members (excludes halogenated alkanes) is 1.